The Morgan fingerprint density at radius 3 is 2.69 bits per heavy atom. The summed E-state index contributed by atoms with van der Waals surface area (Å²) in [7, 11) is 0. The lowest BCUT2D eigenvalue weighted by molar-refractivity contribution is -0.133. The van der Waals surface area contributed by atoms with Crippen molar-refractivity contribution in [1.29, 1.82) is 0 Å². The molecule has 0 saturated heterocycles. The van der Waals surface area contributed by atoms with Crippen molar-refractivity contribution in [2.75, 3.05) is 0 Å². The van der Waals surface area contributed by atoms with Gasteiger partial charge in [-0.2, -0.15) is 0 Å². The minimum atomic E-state index is -0.153. The van der Waals surface area contributed by atoms with Gasteiger partial charge < -0.3 is 4.74 Å². The van der Waals surface area contributed by atoms with Crippen LogP contribution in [0.3, 0.4) is 0 Å². The Morgan fingerprint density at radius 1 is 1.19 bits per heavy atom. The van der Waals surface area contributed by atoms with Crippen LogP contribution in [0.4, 0.5) is 0 Å². The minimum Gasteiger partial charge on any atom is -0.426 e. The Morgan fingerprint density at radius 2 is 2.00 bits per heavy atom. The van der Waals surface area contributed by atoms with E-state index in [4.69, 9.17) is 4.74 Å². The number of carbonyl (C=O) groups excluding carboxylic acids is 1. The van der Waals surface area contributed by atoms with Crippen LogP contribution in [0.5, 0.6) is 5.75 Å². The van der Waals surface area contributed by atoms with Gasteiger partial charge in [0, 0.05) is 0 Å². The molecule has 0 radical (unpaired) electrons. The summed E-state index contributed by atoms with van der Waals surface area (Å²) in [5, 5.41) is 0. The van der Waals surface area contributed by atoms with Crippen LogP contribution in [0, 0.1) is 0 Å². The normalized spacial score (nSPS) is 15.4. The van der Waals surface area contributed by atoms with Crippen molar-refractivity contribution in [3.63, 3.8) is 0 Å². The Bertz CT molecular complexity index is 379. The van der Waals surface area contributed by atoms with E-state index >= 15 is 0 Å². The quantitative estimate of drug-likeness (QED) is 0.439. The van der Waals surface area contributed by atoms with E-state index in [-0.39, 0.29) is 5.97 Å². The summed E-state index contributed by atoms with van der Waals surface area (Å²) in [6.07, 6.45) is 7.21. The highest BCUT2D eigenvalue weighted by atomic mass is 16.5. The van der Waals surface area contributed by atoms with Gasteiger partial charge in [-0.15, -0.1) is 0 Å². The highest BCUT2D eigenvalue weighted by Crippen LogP contribution is 2.21. The maximum absolute atomic E-state index is 11.6. The molecule has 0 N–H and O–H groups in total. The van der Waals surface area contributed by atoms with Crippen LogP contribution in [-0.4, -0.2) is 5.97 Å². The number of carbonyl (C=O) groups is 1. The molecule has 0 saturated carbocycles. The molecule has 16 heavy (non-hydrogen) atoms. The van der Waals surface area contributed by atoms with E-state index in [0.717, 1.165) is 12.8 Å². The fourth-order valence-electron chi connectivity index (χ4n) is 1.91. The summed E-state index contributed by atoms with van der Waals surface area (Å²) in [6, 6.07) is 9.23. The molecule has 0 bridgehead atoms. The molecule has 0 heterocycles. The molecule has 0 amide bonds. The first-order valence-electron chi connectivity index (χ1n) is 5.78. The summed E-state index contributed by atoms with van der Waals surface area (Å²) in [4.78, 5) is 11.6. The predicted octanol–water partition coefficient (Wildman–Crippen LogP) is 3.48. The second-order valence-electron chi connectivity index (χ2n) is 4.07. The molecular formula is C14H16O2. The first-order valence-corrected chi connectivity index (χ1v) is 5.78. The van der Waals surface area contributed by atoms with Crippen LogP contribution in [0.2, 0.25) is 0 Å². The highest BCUT2D eigenvalue weighted by Gasteiger charge is 2.10. The molecule has 0 aromatic heterocycles. The fourth-order valence-corrected chi connectivity index (χ4v) is 1.91. The number of rotatable bonds is 3. The zero-order chi connectivity index (χ0) is 11.2. The Balaban J connectivity index is 1.87. The Labute approximate surface area is 95.9 Å². The number of esters is 1. The van der Waals surface area contributed by atoms with Crippen molar-refractivity contribution in [2.24, 2.45) is 0 Å². The zero-order valence-corrected chi connectivity index (χ0v) is 9.32. The highest BCUT2D eigenvalue weighted by molar-refractivity contribution is 5.75. The van der Waals surface area contributed by atoms with Crippen LogP contribution >= 0.6 is 0 Å². The average Bonchev–Trinajstić information content (AvgIpc) is 2.31. The molecule has 2 heteroatoms. The molecule has 0 unspecified atom stereocenters. The van der Waals surface area contributed by atoms with Gasteiger partial charge in [-0.25, -0.2) is 0 Å². The van der Waals surface area contributed by atoms with Crippen LogP contribution in [0.25, 0.3) is 0 Å². The van der Waals surface area contributed by atoms with Crippen molar-refractivity contribution in [3.8, 4) is 5.75 Å². The minimum absolute atomic E-state index is 0.153. The molecule has 0 spiro atoms. The first-order chi connectivity index (χ1) is 7.84. The van der Waals surface area contributed by atoms with E-state index in [0.29, 0.717) is 12.2 Å². The van der Waals surface area contributed by atoms with Crippen molar-refractivity contribution in [2.45, 2.75) is 32.1 Å². The van der Waals surface area contributed by atoms with E-state index in [1.54, 1.807) is 12.1 Å². The molecule has 2 nitrogen and oxygen atoms in total. The van der Waals surface area contributed by atoms with E-state index in [1.807, 2.05) is 18.2 Å². The third-order valence-corrected chi connectivity index (χ3v) is 2.73. The second kappa shape index (κ2) is 5.50. The largest absolute Gasteiger partial charge is 0.426 e. The Kier molecular flexibility index (Phi) is 3.76. The van der Waals surface area contributed by atoms with Crippen LogP contribution in [0.15, 0.2) is 42.0 Å². The Hall–Kier alpha value is -1.57. The third kappa shape index (κ3) is 3.23. The molecule has 1 aliphatic carbocycles. The number of ether oxygens (including phenoxy) is 1. The van der Waals surface area contributed by atoms with Gasteiger partial charge in [0.2, 0.25) is 0 Å². The zero-order valence-electron chi connectivity index (χ0n) is 9.32. The summed E-state index contributed by atoms with van der Waals surface area (Å²) in [6.45, 7) is 0. The van der Waals surface area contributed by atoms with Gasteiger partial charge in [-0.3, -0.25) is 4.79 Å². The van der Waals surface area contributed by atoms with Crippen molar-refractivity contribution in [3.05, 3.63) is 42.0 Å². The number of hydrogen-bond acceptors (Lipinski definition) is 2. The van der Waals surface area contributed by atoms with Gasteiger partial charge in [0.05, 0.1) is 6.42 Å². The second-order valence-corrected chi connectivity index (χ2v) is 4.07. The van der Waals surface area contributed by atoms with Crippen molar-refractivity contribution in [1.82, 2.24) is 0 Å². The molecule has 2 rings (SSSR count). The van der Waals surface area contributed by atoms with Gasteiger partial charge in [-0.1, -0.05) is 29.8 Å². The number of para-hydroxylation sites is 1. The summed E-state index contributed by atoms with van der Waals surface area (Å²) in [5.41, 5.74) is 1.23. The molecule has 1 aromatic rings. The summed E-state index contributed by atoms with van der Waals surface area (Å²) < 4.78 is 5.24. The van der Waals surface area contributed by atoms with E-state index in [9.17, 15) is 4.79 Å². The molecular weight excluding hydrogens is 200 g/mol. The molecule has 1 aliphatic rings. The topological polar surface area (TPSA) is 26.3 Å². The molecule has 84 valence electrons. The SMILES string of the molecule is O=C(CC1=CCCCC1)Oc1ccccc1. The molecule has 0 fully saturated rings. The number of hydrogen-bond donors (Lipinski definition) is 0. The standard InChI is InChI=1S/C14H16O2/c15-14(11-12-7-3-1-4-8-12)16-13-9-5-2-6-10-13/h2,5-7,9-10H,1,3-4,8,11H2. The van der Waals surface area contributed by atoms with Gasteiger partial charge in [0.15, 0.2) is 0 Å². The lowest BCUT2D eigenvalue weighted by Crippen LogP contribution is -2.09. The van der Waals surface area contributed by atoms with E-state index in [2.05, 4.69) is 6.08 Å². The maximum Gasteiger partial charge on any atom is 0.315 e. The molecule has 0 aliphatic heterocycles. The van der Waals surface area contributed by atoms with Crippen molar-refractivity contribution < 1.29 is 9.53 Å². The van der Waals surface area contributed by atoms with Crippen LogP contribution in [0.1, 0.15) is 32.1 Å². The van der Waals surface area contributed by atoms with Gasteiger partial charge in [0.25, 0.3) is 0 Å². The smallest absolute Gasteiger partial charge is 0.315 e. The van der Waals surface area contributed by atoms with Gasteiger partial charge in [-0.05, 0) is 37.8 Å². The van der Waals surface area contributed by atoms with E-state index in [1.165, 1.54) is 18.4 Å². The lowest BCUT2D eigenvalue weighted by atomic mass is 9.97. The lowest BCUT2D eigenvalue weighted by Gasteiger charge is -2.11. The fraction of sp³-hybridized carbons (Fsp3) is 0.357. The summed E-state index contributed by atoms with van der Waals surface area (Å²) >= 11 is 0. The van der Waals surface area contributed by atoms with E-state index < -0.39 is 0 Å². The molecule has 1 aromatic carbocycles. The first kappa shape index (κ1) is 10.9. The average molecular weight is 216 g/mol. The van der Waals surface area contributed by atoms with Gasteiger partial charge in [0.1, 0.15) is 5.75 Å². The van der Waals surface area contributed by atoms with Gasteiger partial charge >= 0.3 is 5.97 Å². The maximum atomic E-state index is 11.6. The molecule has 0 atom stereocenters. The monoisotopic (exact) mass is 216 g/mol. The van der Waals surface area contributed by atoms with Crippen molar-refractivity contribution >= 4 is 5.97 Å². The van der Waals surface area contributed by atoms with Crippen LogP contribution in [-0.2, 0) is 4.79 Å². The number of allylic oxidation sites excluding steroid dienone is 1. The number of benzene rings is 1. The van der Waals surface area contributed by atoms with Crippen LogP contribution < -0.4 is 4.74 Å². The summed E-state index contributed by atoms with van der Waals surface area (Å²) in [5.74, 6) is 0.475. The third-order valence-electron chi connectivity index (χ3n) is 2.73. The predicted molar refractivity (Wildman–Crippen MR) is 63.2 cm³/mol.